The van der Waals surface area contributed by atoms with E-state index >= 15 is 0 Å². The van der Waals surface area contributed by atoms with E-state index in [0.717, 1.165) is 18.8 Å². The Kier molecular flexibility index (Phi) is 5.92. The first-order valence-corrected chi connectivity index (χ1v) is 9.24. The van der Waals surface area contributed by atoms with Crippen LogP contribution in [0.4, 0.5) is 0 Å². The summed E-state index contributed by atoms with van der Waals surface area (Å²) < 4.78 is 6.23. The molecule has 1 aliphatic heterocycles. The first-order valence-electron chi connectivity index (χ1n) is 9.24. The van der Waals surface area contributed by atoms with Gasteiger partial charge >= 0.3 is 0 Å². The first kappa shape index (κ1) is 17.0. The highest BCUT2D eigenvalue weighted by Gasteiger charge is 2.23. The molecule has 1 saturated heterocycles. The van der Waals surface area contributed by atoms with E-state index in [1.54, 1.807) is 0 Å². The van der Waals surface area contributed by atoms with Crippen LogP contribution >= 0.6 is 0 Å². The quantitative estimate of drug-likeness (QED) is 0.748. The SMILES string of the molecule is C[C@@H]1CCCCN1[C@H](C)COc1ccccc1Cc1ccccc1. The molecule has 2 nitrogen and oxygen atoms in total. The standard InChI is InChI=1S/C22H29NO/c1-18-10-8-9-15-23(18)19(2)17-24-22-14-7-6-13-21(22)16-20-11-4-3-5-12-20/h3-7,11-14,18-19H,8-10,15-17H2,1-2H3/t18-,19-/m1/s1. The van der Waals surface area contributed by atoms with E-state index in [4.69, 9.17) is 4.74 Å². The van der Waals surface area contributed by atoms with Crippen LogP contribution in [0.2, 0.25) is 0 Å². The van der Waals surface area contributed by atoms with E-state index in [9.17, 15) is 0 Å². The first-order chi connectivity index (χ1) is 11.7. The zero-order valence-electron chi connectivity index (χ0n) is 14.9. The topological polar surface area (TPSA) is 12.5 Å². The van der Waals surface area contributed by atoms with Crippen molar-refractivity contribution < 1.29 is 4.74 Å². The predicted octanol–water partition coefficient (Wildman–Crippen LogP) is 4.92. The van der Waals surface area contributed by atoms with Crippen molar-refractivity contribution in [1.29, 1.82) is 0 Å². The van der Waals surface area contributed by atoms with Crippen LogP contribution < -0.4 is 4.74 Å². The van der Waals surface area contributed by atoms with Crippen LogP contribution in [-0.2, 0) is 6.42 Å². The minimum atomic E-state index is 0.463. The van der Waals surface area contributed by atoms with Gasteiger partial charge in [0.15, 0.2) is 0 Å². The molecule has 128 valence electrons. The van der Waals surface area contributed by atoms with Gasteiger partial charge in [-0.25, -0.2) is 0 Å². The van der Waals surface area contributed by atoms with Crippen molar-refractivity contribution in [3.05, 3.63) is 65.7 Å². The third-order valence-electron chi connectivity index (χ3n) is 5.11. The summed E-state index contributed by atoms with van der Waals surface area (Å²) in [7, 11) is 0. The number of nitrogens with zero attached hydrogens (tertiary/aromatic N) is 1. The second-order valence-corrected chi connectivity index (χ2v) is 7.01. The molecule has 1 aliphatic rings. The normalized spacial score (nSPS) is 19.8. The maximum absolute atomic E-state index is 6.23. The number of hydrogen-bond acceptors (Lipinski definition) is 2. The van der Waals surface area contributed by atoms with Crippen LogP contribution in [0.25, 0.3) is 0 Å². The summed E-state index contributed by atoms with van der Waals surface area (Å²) in [4.78, 5) is 2.60. The molecule has 0 spiro atoms. The van der Waals surface area contributed by atoms with Gasteiger partial charge in [0.05, 0.1) is 0 Å². The van der Waals surface area contributed by atoms with Crippen molar-refractivity contribution in [3.8, 4) is 5.75 Å². The molecule has 0 bridgehead atoms. The van der Waals surface area contributed by atoms with E-state index in [1.165, 1.54) is 36.9 Å². The third-order valence-corrected chi connectivity index (χ3v) is 5.11. The van der Waals surface area contributed by atoms with Gasteiger partial charge < -0.3 is 4.74 Å². The maximum atomic E-state index is 6.23. The molecule has 1 fully saturated rings. The zero-order valence-corrected chi connectivity index (χ0v) is 14.9. The predicted molar refractivity (Wildman–Crippen MR) is 101 cm³/mol. The lowest BCUT2D eigenvalue weighted by atomic mass is 10.0. The molecule has 0 unspecified atom stereocenters. The largest absolute Gasteiger partial charge is 0.492 e. The van der Waals surface area contributed by atoms with E-state index in [-0.39, 0.29) is 0 Å². The van der Waals surface area contributed by atoms with E-state index in [2.05, 4.69) is 73.3 Å². The molecular weight excluding hydrogens is 294 g/mol. The summed E-state index contributed by atoms with van der Waals surface area (Å²) in [5.41, 5.74) is 2.59. The lowest BCUT2D eigenvalue weighted by Crippen LogP contribution is -2.46. The highest BCUT2D eigenvalue weighted by atomic mass is 16.5. The summed E-state index contributed by atoms with van der Waals surface area (Å²) in [5, 5.41) is 0. The fourth-order valence-corrected chi connectivity index (χ4v) is 3.69. The number of piperidine rings is 1. The van der Waals surface area contributed by atoms with Crippen molar-refractivity contribution in [2.75, 3.05) is 13.2 Å². The second-order valence-electron chi connectivity index (χ2n) is 7.01. The molecule has 0 aromatic heterocycles. The summed E-state index contributed by atoms with van der Waals surface area (Å²) in [6, 6.07) is 20.2. The average molecular weight is 323 g/mol. The zero-order chi connectivity index (χ0) is 16.8. The number of ether oxygens (including phenoxy) is 1. The van der Waals surface area contributed by atoms with Crippen LogP contribution in [-0.4, -0.2) is 30.1 Å². The molecule has 2 aromatic carbocycles. The summed E-state index contributed by atoms with van der Waals surface area (Å²) in [6.07, 6.45) is 4.92. The maximum Gasteiger partial charge on any atom is 0.122 e. The van der Waals surface area contributed by atoms with Crippen LogP contribution in [0.1, 0.15) is 44.2 Å². The second kappa shape index (κ2) is 8.34. The van der Waals surface area contributed by atoms with Gasteiger partial charge in [0.25, 0.3) is 0 Å². The van der Waals surface area contributed by atoms with Gasteiger partial charge in [-0.15, -0.1) is 0 Å². The number of para-hydroxylation sites is 1. The fraction of sp³-hybridized carbons (Fsp3) is 0.455. The summed E-state index contributed by atoms with van der Waals surface area (Å²) in [6.45, 7) is 6.61. The Labute approximate surface area is 146 Å². The average Bonchev–Trinajstić information content (AvgIpc) is 2.62. The van der Waals surface area contributed by atoms with Crippen molar-refractivity contribution in [1.82, 2.24) is 4.90 Å². The molecule has 3 rings (SSSR count). The van der Waals surface area contributed by atoms with Crippen molar-refractivity contribution in [3.63, 3.8) is 0 Å². The Balaban J connectivity index is 1.63. The Hall–Kier alpha value is -1.80. The Morgan fingerprint density at radius 2 is 1.79 bits per heavy atom. The Morgan fingerprint density at radius 1 is 1.04 bits per heavy atom. The minimum Gasteiger partial charge on any atom is -0.492 e. The van der Waals surface area contributed by atoms with Crippen molar-refractivity contribution in [2.24, 2.45) is 0 Å². The molecule has 0 N–H and O–H groups in total. The van der Waals surface area contributed by atoms with Crippen LogP contribution in [0.3, 0.4) is 0 Å². The van der Waals surface area contributed by atoms with Crippen LogP contribution in [0.15, 0.2) is 54.6 Å². The molecule has 2 heteroatoms. The lowest BCUT2D eigenvalue weighted by molar-refractivity contribution is 0.0814. The Morgan fingerprint density at radius 3 is 2.58 bits per heavy atom. The minimum absolute atomic E-state index is 0.463. The molecule has 0 saturated carbocycles. The number of likely N-dealkylation sites (tertiary alicyclic amines) is 1. The monoisotopic (exact) mass is 323 g/mol. The smallest absolute Gasteiger partial charge is 0.122 e. The highest BCUT2D eigenvalue weighted by molar-refractivity contribution is 5.37. The molecule has 2 aromatic rings. The van der Waals surface area contributed by atoms with Crippen LogP contribution in [0.5, 0.6) is 5.75 Å². The number of rotatable bonds is 6. The van der Waals surface area contributed by atoms with Gasteiger partial charge in [0, 0.05) is 18.5 Å². The number of hydrogen-bond donors (Lipinski definition) is 0. The van der Waals surface area contributed by atoms with Gasteiger partial charge in [0.1, 0.15) is 12.4 Å². The molecule has 1 heterocycles. The molecule has 0 amide bonds. The van der Waals surface area contributed by atoms with Crippen molar-refractivity contribution in [2.45, 2.75) is 51.6 Å². The number of benzene rings is 2. The van der Waals surface area contributed by atoms with Gasteiger partial charge in [-0.3, -0.25) is 4.90 Å². The van der Waals surface area contributed by atoms with E-state index in [1.807, 2.05) is 0 Å². The molecule has 2 atom stereocenters. The summed E-state index contributed by atoms with van der Waals surface area (Å²) in [5.74, 6) is 1.03. The molecule has 24 heavy (non-hydrogen) atoms. The van der Waals surface area contributed by atoms with Gasteiger partial charge in [-0.05, 0) is 50.4 Å². The van der Waals surface area contributed by atoms with Gasteiger partial charge in [-0.2, -0.15) is 0 Å². The van der Waals surface area contributed by atoms with Crippen LogP contribution in [0, 0.1) is 0 Å². The van der Waals surface area contributed by atoms with E-state index < -0.39 is 0 Å². The molecule has 0 aliphatic carbocycles. The van der Waals surface area contributed by atoms with E-state index in [0.29, 0.717) is 12.1 Å². The third kappa shape index (κ3) is 4.39. The summed E-state index contributed by atoms with van der Waals surface area (Å²) >= 11 is 0. The lowest BCUT2D eigenvalue weighted by Gasteiger charge is -2.37. The molecule has 0 radical (unpaired) electrons. The highest BCUT2D eigenvalue weighted by Crippen LogP contribution is 2.23. The van der Waals surface area contributed by atoms with Crippen molar-refractivity contribution >= 4 is 0 Å². The van der Waals surface area contributed by atoms with Gasteiger partial charge in [0.2, 0.25) is 0 Å². The fourth-order valence-electron chi connectivity index (χ4n) is 3.69. The molecular formula is C22H29NO. The Bertz CT molecular complexity index is 625. The van der Waals surface area contributed by atoms with Gasteiger partial charge in [-0.1, -0.05) is 55.0 Å².